The van der Waals surface area contributed by atoms with Gasteiger partial charge in [-0.3, -0.25) is 9.69 Å². The molecule has 1 amide bonds. The number of fused-ring (bicyclic) bond motifs is 1. The fourth-order valence-electron chi connectivity index (χ4n) is 2.88. The first kappa shape index (κ1) is 12.5. The zero-order valence-electron chi connectivity index (χ0n) is 11.3. The number of hydrogen-bond donors (Lipinski definition) is 1. The molecule has 1 aliphatic heterocycles. The number of carbonyl (C=O) groups is 1. The summed E-state index contributed by atoms with van der Waals surface area (Å²) in [6, 6.07) is 8.38. The summed E-state index contributed by atoms with van der Waals surface area (Å²) in [6.07, 6.45) is 2.77. The molecule has 19 heavy (non-hydrogen) atoms. The molecule has 1 saturated heterocycles. The van der Waals surface area contributed by atoms with Crippen molar-refractivity contribution in [1.29, 1.82) is 0 Å². The highest BCUT2D eigenvalue weighted by molar-refractivity contribution is 5.88. The molecule has 102 valence electrons. The van der Waals surface area contributed by atoms with Crippen LogP contribution in [0.25, 0.3) is 0 Å². The number of nitrogens with one attached hydrogen (secondary N) is 1. The third-order valence-electron chi connectivity index (χ3n) is 3.96. The Bertz CT molecular complexity index is 458. The Hall–Kier alpha value is -1.55. The van der Waals surface area contributed by atoms with Gasteiger partial charge in [0.2, 0.25) is 5.91 Å². The molecule has 2 aliphatic rings. The maximum atomic E-state index is 10.9. The second kappa shape index (κ2) is 5.21. The molecule has 0 bridgehead atoms. The van der Waals surface area contributed by atoms with E-state index in [1.807, 2.05) is 24.3 Å². The molecule has 1 N–H and O–H groups in total. The Kier molecular flexibility index (Phi) is 3.42. The number of likely N-dealkylation sites (tertiary alicyclic amines) is 1. The van der Waals surface area contributed by atoms with E-state index in [0.717, 1.165) is 36.5 Å². The highest BCUT2D eigenvalue weighted by Gasteiger charge is 2.46. The number of hydrogen-bond acceptors (Lipinski definition) is 3. The van der Waals surface area contributed by atoms with Crippen LogP contribution in [-0.2, 0) is 4.79 Å². The molecule has 3 rings (SSSR count). The number of nitrogens with zero attached hydrogens (tertiary/aromatic N) is 1. The van der Waals surface area contributed by atoms with E-state index in [1.165, 1.54) is 26.3 Å². The second-order valence-electron chi connectivity index (χ2n) is 5.44. The normalized spacial score (nSPS) is 24.9. The van der Waals surface area contributed by atoms with Gasteiger partial charge in [-0.05, 0) is 49.6 Å². The fourth-order valence-corrected chi connectivity index (χ4v) is 2.88. The summed E-state index contributed by atoms with van der Waals surface area (Å²) in [5.74, 6) is 1.79. The lowest BCUT2D eigenvalue weighted by Crippen LogP contribution is -2.28. The molecular weight excluding hydrogens is 240 g/mol. The van der Waals surface area contributed by atoms with Crippen LogP contribution in [-0.4, -0.2) is 36.5 Å². The van der Waals surface area contributed by atoms with E-state index in [0.29, 0.717) is 0 Å². The van der Waals surface area contributed by atoms with Crippen LogP contribution in [0, 0.1) is 5.92 Å². The molecule has 1 aliphatic carbocycles. The number of rotatable bonds is 5. The van der Waals surface area contributed by atoms with Gasteiger partial charge in [0.15, 0.2) is 0 Å². The van der Waals surface area contributed by atoms with E-state index >= 15 is 0 Å². The van der Waals surface area contributed by atoms with E-state index in [4.69, 9.17) is 4.74 Å². The standard InChI is InChI=1S/C15H20N2O2/c1-11(18)16-13-2-4-14(5-3-13)19-9-8-17-7-6-12-10-15(12)17/h2-5,12,15H,6-10H2,1H3,(H,16,18). The summed E-state index contributed by atoms with van der Waals surface area (Å²) in [4.78, 5) is 13.4. The number of carbonyl (C=O) groups excluding carboxylic acids is 1. The summed E-state index contributed by atoms with van der Waals surface area (Å²) in [6.45, 7) is 4.50. The molecule has 4 nitrogen and oxygen atoms in total. The van der Waals surface area contributed by atoms with Crippen molar-refractivity contribution in [2.24, 2.45) is 5.92 Å². The predicted octanol–water partition coefficient (Wildman–Crippen LogP) is 2.12. The van der Waals surface area contributed by atoms with Crippen molar-refractivity contribution in [2.75, 3.05) is 25.0 Å². The van der Waals surface area contributed by atoms with Crippen LogP contribution in [0.5, 0.6) is 5.75 Å². The molecule has 1 heterocycles. The topological polar surface area (TPSA) is 41.6 Å². The highest BCUT2D eigenvalue weighted by Crippen LogP contribution is 2.43. The van der Waals surface area contributed by atoms with Crippen LogP contribution >= 0.6 is 0 Å². The molecule has 2 fully saturated rings. The van der Waals surface area contributed by atoms with Crippen LogP contribution in [0.3, 0.4) is 0 Å². The molecule has 0 aromatic heterocycles. The number of benzene rings is 1. The van der Waals surface area contributed by atoms with Gasteiger partial charge in [-0.1, -0.05) is 0 Å². The quantitative estimate of drug-likeness (QED) is 0.881. The van der Waals surface area contributed by atoms with E-state index in [-0.39, 0.29) is 5.91 Å². The Morgan fingerprint density at radius 1 is 1.42 bits per heavy atom. The third kappa shape index (κ3) is 3.07. The van der Waals surface area contributed by atoms with Gasteiger partial charge in [0.1, 0.15) is 12.4 Å². The largest absolute Gasteiger partial charge is 0.492 e. The lowest BCUT2D eigenvalue weighted by atomic mass is 10.3. The van der Waals surface area contributed by atoms with E-state index in [9.17, 15) is 4.79 Å². The average Bonchev–Trinajstić information content (AvgIpc) is 3.06. The zero-order chi connectivity index (χ0) is 13.2. The summed E-state index contributed by atoms with van der Waals surface area (Å²) in [5, 5.41) is 2.74. The van der Waals surface area contributed by atoms with Crippen LogP contribution in [0.15, 0.2) is 24.3 Å². The Morgan fingerprint density at radius 2 is 2.21 bits per heavy atom. The van der Waals surface area contributed by atoms with Gasteiger partial charge >= 0.3 is 0 Å². The van der Waals surface area contributed by atoms with Crippen molar-refractivity contribution in [2.45, 2.75) is 25.8 Å². The predicted molar refractivity (Wildman–Crippen MR) is 74.3 cm³/mol. The lowest BCUT2D eigenvalue weighted by Gasteiger charge is -2.17. The number of piperidine rings is 1. The van der Waals surface area contributed by atoms with Gasteiger partial charge in [-0.2, -0.15) is 0 Å². The zero-order valence-corrected chi connectivity index (χ0v) is 11.3. The maximum absolute atomic E-state index is 10.9. The first-order valence-electron chi connectivity index (χ1n) is 6.97. The lowest BCUT2D eigenvalue weighted by molar-refractivity contribution is -0.114. The monoisotopic (exact) mass is 260 g/mol. The van der Waals surface area contributed by atoms with Gasteiger partial charge in [0.25, 0.3) is 0 Å². The molecule has 0 spiro atoms. The van der Waals surface area contributed by atoms with Crippen molar-refractivity contribution in [1.82, 2.24) is 4.90 Å². The smallest absolute Gasteiger partial charge is 0.221 e. The Balaban J connectivity index is 1.43. The first-order valence-corrected chi connectivity index (χ1v) is 6.97. The molecular formula is C15H20N2O2. The van der Waals surface area contributed by atoms with Gasteiger partial charge in [-0.25, -0.2) is 0 Å². The Labute approximate surface area is 113 Å². The maximum Gasteiger partial charge on any atom is 0.221 e. The fraction of sp³-hybridized carbons (Fsp3) is 0.533. The average molecular weight is 260 g/mol. The van der Waals surface area contributed by atoms with Crippen LogP contribution in [0.4, 0.5) is 5.69 Å². The van der Waals surface area contributed by atoms with Crippen molar-refractivity contribution in [3.05, 3.63) is 24.3 Å². The van der Waals surface area contributed by atoms with Crippen LogP contribution in [0.2, 0.25) is 0 Å². The highest BCUT2D eigenvalue weighted by atomic mass is 16.5. The molecule has 4 heteroatoms. The molecule has 1 aromatic rings. The van der Waals surface area contributed by atoms with E-state index in [1.54, 1.807) is 0 Å². The van der Waals surface area contributed by atoms with Gasteiger partial charge in [-0.15, -0.1) is 0 Å². The van der Waals surface area contributed by atoms with Crippen LogP contribution in [0.1, 0.15) is 19.8 Å². The minimum atomic E-state index is -0.0540. The summed E-state index contributed by atoms with van der Waals surface area (Å²) in [5.41, 5.74) is 0.806. The second-order valence-corrected chi connectivity index (χ2v) is 5.44. The minimum Gasteiger partial charge on any atom is -0.492 e. The first-order chi connectivity index (χ1) is 9.22. The van der Waals surface area contributed by atoms with Gasteiger partial charge < -0.3 is 10.1 Å². The minimum absolute atomic E-state index is 0.0540. The Morgan fingerprint density at radius 3 is 2.79 bits per heavy atom. The van der Waals surface area contributed by atoms with Crippen molar-refractivity contribution in [3.8, 4) is 5.75 Å². The number of anilines is 1. The molecule has 0 radical (unpaired) electrons. The summed E-state index contributed by atoms with van der Waals surface area (Å²) >= 11 is 0. The molecule has 1 aromatic carbocycles. The van der Waals surface area contributed by atoms with Crippen molar-refractivity contribution < 1.29 is 9.53 Å². The third-order valence-corrected chi connectivity index (χ3v) is 3.96. The summed E-state index contributed by atoms with van der Waals surface area (Å²) in [7, 11) is 0. The van der Waals surface area contributed by atoms with Crippen LogP contribution < -0.4 is 10.1 Å². The van der Waals surface area contributed by atoms with Crippen molar-refractivity contribution in [3.63, 3.8) is 0 Å². The van der Waals surface area contributed by atoms with E-state index < -0.39 is 0 Å². The number of ether oxygens (including phenoxy) is 1. The SMILES string of the molecule is CC(=O)Nc1ccc(OCCN2CCC3CC32)cc1. The molecule has 2 atom stereocenters. The summed E-state index contributed by atoms with van der Waals surface area (Å²) < 4.78 is 5.74. The van der Waals surface area contributed by atoms with Gasteiger partial charge in [0, 0.05) is 25.2 Å². The molecule has 2 unspecified atom stereocenters. The van der Waals surface area contributed by atoms with Gasteiger partial charge in [0.05, 0.1) is 0 Å². The van der Waals surface area contributed by atoms with Crippen molar-refractivity contribution >= 4 is 11.6 Å². The number of amides is 1. The van der Waals surface area contributed by atoms with E-state index in [2.05, 4.69) is 10.2 Å². The molecule has 1 saturated carbocycles.